The average molecular weight is 298 g/mol. The zero-order valence-electron chi connectivity index (χ0n) is 12.5. The fraction of sp³-hybridized carbons (Fsp3) is 0.500. The van der Waals surface area contributed by atoms with Gasteiger partial charge in [0.2, 0.25) is 0 Å². The molecule has 0 fully saturated rings. The predicted molar refractivity (Wildman–Crippen MR) is 75.2 cm³/mol. The van der Waals surface area contributed by atoms with Gasteiger partial charge in [-0.1, -0.05) is 20.8 Å². The SMILES string of the molecule is COC(=O)[C@@H](NCc1cc(F)ccc1[N+](=O)[O-])C(C)(C)C. The van der Waals surface area contributed by atoms with Crippen molar-refractivity contribution in [3.05, 3.63) is 39.7 Å². The Bertz CT molecular complexity index is 540. The van der Waals surface area contributed by atoms with Crippen LogP contribution in [-0.4, -0.2) is 24.0 Å². The van der Waals surface area contributed by atoms with Crippen LogP contribution in [-0.2, 0) is 16.1 Å². The van der Waals surface area contributed by atoms with Crippen LogP contribution in [0.5, 0.6) is 0 Å². The lowest BCUT2D eigenvalue weighted by molar-refractivity contribution is -0.385. The number of benzene rings is 1. The third-order valence-corrected chi connectivity index (χ3v) is 3.04. The van der Waals surface area contributed by atoms with Gasteiger partial charge in [0.25, 0.3) is 5.69 Å². The van der Waals surface area contributed by atoms with E-state index in [1.807, 2.05) is 20.8 Å². The van der Waals surface area contributed by atoms with Crippen molar-refractivity contribution < 1.29 is 18.8 Å². The van der Waals surface area contributed by atoms with Gasteiger partial charge in [-0.2, -0.15) is 0 Å². The van der Waals surface area contributed by atoms with E-state index in [0.29, 0.717) is 0 Å². The number of ether oxygens (including phenoxy) is 1. The fourth-order valence-electron chi connectivity index (χ4n) is 1.95. The first kappa shape index (κ1) is 17.0. The summed E-state index contributed by atoms with van der Waals surface area (Å²) in [5.74, 6) is -1.04. The quantitative estimate of drug-likeness (QED) is 0.513. The molecule has 1 rings (SSSR count). The topological polar surface area (TPSA) is 81.5 Å². The molecule has 0 aliphatic heterocycles. The average Bonchev–Trinajstić information content (AvgIpc) is 2.36. The molecule has 0 amide bonds. The summed E-state index contributed by atoms with van der Waals surface area (Å²) in [5.41, 5.74) is -0.463. The van der Waals surface area contributed by atoms with Crippen LogP contribution in [0.1, 0.15) is 26.3 Å². The summed E-state index contributed by atoms with van der Waals surface area (Å²) in [6.45, 7) is 5.50. The normalized spacial score (nSPS) is 12.8. The third-order valence-electron chi connectivity index (χ3n) is 3.04. The minimum atomic E-state index is -0.662. The molecule has 0 aliphatic carbocycles. The number of halogens is 1. The van der Waals surface area contributed by atoms with Crippen molar-refractivity contribution in [1.82, 2.24) is 5.32 Å². The molecule has 0 bridgehead atoms. The maximum atomic E-state index is 13.3. The summed E-state index contributed by atoms with van der Waals surface area (Å²) in [4.78, 5) is 22.1. The van der Waals surface area contributed by atoms with E-state index >= 15 is 0 Å². The highest BCUT2D eigenvalue weighted by molar-refractivity contribution is 5.76. The van der Waals surface area contributed by atoms with Crippen molar-refractivity contribution in [1.29, 1.82) is 0 Å². The van der Waals surface area contributed by atoms with Crippen LogP contribution >= 0.6 is 0 Å². The van der Waals surface area contributed by atoms with Crippen LogP contribution in [0.25, 0.3) is 0 Å². The molecule has 0 heterocycles. The number of nitro groups is 1. The molecule has 0 spiro atoms. The molecule has 1 N–H and O–H groups in total. The molecular weight excluding hydrogens is 279 g/mol. The first-order valence-corrected chi connectivity index (χ1v) is 6.41. The van der Waals surface area contributed by atoms with E-state index in [9.17, 15) is 19.3 Å². The second-order valence-corrected chi connectivity index (χ2v) is 5.73. The number of methoxy groups -OCH3 is 1. The van der Waals surface area contributed by atoms with Crippen molar-refractivity contribution in [3.63, 3.8) is 0 Å². The van der Waals surface area contributed by atoms with Gasteiger partial charge >= 0.3 is 5.97 Å². The van der Waals surface area contributed by atoms with Gasteiger partial charge in [0, 0.05) is 18.2 Å². The molecular formula is C14H19FN2O4. The largest absolute Gasteiger partial charge is 0.468 e. The summed E-state index contributed by atoms with van der Waals surface area (Å²) in [5, 5.41) is 13.8. The molecule has 6 nitrogen and oxygen atoms in total. The van der Waals surface area contributed by atoms with Gasteiger partial charge in [-0.05, 0) is 17.5 Å². The monoisotopic (exact) mass is 298 g/mol. The van der Waals surface area contributed by atoms with Gasteiger partial charge < -0.3 is 4.74 Å². The van der Waals surface area contributed by atoms with Gasteiger partial charge in [-0.3, -0.25) is 20.2 Å². The smallest absolute Gasteiger partial charge is 0.323 e. The van der Waals surface area contributed by atoms with Gasteiger partial charge in [-0.15, -0.1) is 0 Å². The summed E-state index contributed by atoms with van der Waals surface area (Å²) in [6.07, 6.45) is 0. The lowest BCUT2D eigenvalue weighted by Crippen LogP contribution is -2.46. The van der Waals surface area contributed by atoms with Gasteiger partial charge in [-0.25, -0.2) is 4.39 Å². The van der Waals surface area contributed by atoms with Crippen LogP contribution in [0.3, 0.4) is 0 Å². The standard InChI is InChI=1S/C14H19FN2O4/c1-14(2,3)12(13(18)21-4)16-8-9-7-10(15)5-6-11(9)17(19)20/h5-7,12,16H,8H2,1-4H3/t12-/m1/s1. The lowest BCUT2D eigenvalue weighted by atomic mass is 9.86. The number of carbonyl (C=O) groups excluding carboxylic acids is 1. The molecule has 21 heavy (non-hydrogen) atoms. The molecule has 0 aliphatic rings. The maximum Gasteiger partial charge on any atom is 0.323 e. The number of nitrogens with zero attached hydrogens (tertiary/aromatic N) is 1. The summed E-state index contributed by atoms with van der Waals surface area (Å²) in [6, 6.07) is 2.56. The maximum absolute atomic E-state index is 13.3. The van der Waals surface area contributed by atoms with Crippen molar-refractivity contribution in [2.75, 3.05) is 7.11 Å². The van der Waals surface area contributed by atoms with E-state index in [4.69, 9.17) is 4.74 Å². The first-order valence-electron chi connectivity index (χ1n) is 6.41. The fourth-order valence-corrected chi connectivity index (χ4v) is 1.95. The second-order valence-electron chi connectivity index (χ2n) is 5.73. The number of esters is 1. The Labute approximate surface area is 122 Å². The zero-order chi connectivity index (χ0) is 16.2. The summed E-state index contributed by atoms with van der Waals surface area (Å²) in [7, 11) is 1.27. The number of rotatable bonds is 5. The van der Waals surface area contributed by atoms with Crippen molar-refractivity contribution >= 4 is 11.7 Å². The minimum absolute atomic E-state index is 0.00882. The Balaban J connectivity index is 2.98. The zero-order valence-corrected chi connectivity index (χ0v) is 12.5. The first-order chi connectivity index (χ1) is 9.66. The Morgan fingerprint density at radius 1 is 1.48 bits per heavy atom. The molecule has 0 radical (unpaired) electrons. The number of carbonyl (C=O) groups is 1. The van der Waals surface area contributed by atoms with E-state index in [2.05, 4.69) is 5.32 Å². The van der Waals surface area contributed by atoms with Gasteiger partial charge in [0.15, 0.2) is 0 Å². The highest BCUT2D eigenvalue weighted by Gasteiger charge is 2.32. The highest BCUT2D eigenvalue weighted by Crippen LogP contribution is 2.23. The van der Waals surface area contributed by atoms with Crippen LogP contribution in [0.2, 0.25) is 0 Å². The molecule has 0 saturated carbocycles. The van der Waals surface area contributed by atoms with Crippen molar-refractivity contribution in [2.24, 2.45) is 5.41 Å². The van der Waals surface area contributed by atoms with E-state index in [0.717, 1.165) is 18.2 Å². The Morgan fingerprint density at radius 2 is 2.10 bits per heavy atom. The van der Waals surface area contributed by atoms with Crippen LogP contribution in [0.15, 0.2) is 18.2 Å². The lowest BCUT2D eigenvalue weighted by Gasteiger charge is -2.29. The van der Waals surface area contributed by atoms with Crippen LogP contribution in [0, 0.1) is 21.3 Å². The van der Waals surface area contributed by atoms with Gasteiger partial charge in [0.05, 0.1) is 12.0 Å². The molecule has 1 aromatic carbocycles. The second kappa shape index (κ2) is 6.62. The van der Waals surface area contributed by atoms with Gasteiger partial charge in [0.1, 0.15) is 11.9 Å². The van der Waals surface area contributed by atoms with E-state index in [1.54, 1.807) is 0 Å². The molecule has 1 aromatic rings. The number of nitrogens with one attached hydrogen (secondary N) is 1. The third kappa shape index (κ3) is 4.49. The van der Waals surface area contributed by atoms with Crippen LogP contribution < -0.4 is 5.32 Å². The molecule has 116 valence electrons. The van der Waals surface area contributed by atoms with E-state index in [1.165, 1.54) is 7.11 Å². The molecule has 0 unspecified atom stereocenters. The Hall–Kier alpha value is -2.02. The molecule has 0 aromatic heterocycles. The molecule has 1 atom stereocenters. The minimum Gasteiger partial charge on any atom is -0.468 e. The molecule has 7 heteroatoms. The van der Waals surface area contributed by atoms with E-state index < -0.39 is 28.2 Å². The summed E-state index contributed by atoms with van der Waals surface area (Å²) < 4.78 is 18.0. The predicted octanol–water partition coefficient (Wildman–Crippen LogP) is 2.41. The number of nitro benzene ring substituents is 1. The Kier molecular flexibility index (Phi) is 5.37. The number of hydrogen-bond acceptors (Lipinski definition) is 5. The van der Waals surface area contributed by atoms with E-state index in [-0.39, 0.29) is 17.8 Å². The Morgan fingerprint density at radius 3 is 2.57 bits per heavy atom. The summed E-state index contributed by atoms with van der Waals surface area (Å²) >= 11 is 0. The van der Waals surface area contributed by atoms with Crippen molar-refractivity contribution in [2.45, 2.75) is 33.4 Å². The van der Waals surface area contributed by atoms with Crippen molar-refractivity contribution in [3.8, 4) is 0 Å². The number of hydrogen-bond donors (Lipinski definition) is 1. The van der Waals surface area contributed by atoms with Crippen LogP contribution in [0.4, 0.5) is 10.1 Å². The highest BCUT2D eigenvalue weighted by atomic mass is 19.1. The molecule has 0 saturated heterocycles.